The van der Waals surface area contributed by atoms with E-state index in [-0.39, 0.29) is 21.6 Å². The first kappa shape index (κ1) is 15.6. The molecule has 106 valence electrons. The fourth-order valence-electron chi connectivity index (χ4n) is 1.42. The van der Waals surface area contributed by atoms with Crippen LogP contribution in [0.1, 0.15) is 19.4 Å². The zero-order valence-electron chi connectivity index (χ0n) is 10.8. The van der Waals surface area contributed by atoms with E-state index >= 15 is 0 Å². The zero-order chi connectivity index (χ0) is 14.8. The van der Waals surface area contributed by atoms with E-state index in [0.717, 1.165) is 0 Å². The van der Waals surface area contributed by atoms with Gasteiger partial charge >= 0.3 is 6.03 Å². The van der Waals surface area contributed by atoms with Crippen LogP contribution in [0.25, 0.3) is 0 Å². The Balaban J connectivity index is 3.11. The number of amides is 2. The first-order valence-electron chi connectivity index (χ1n) is 5.52. The van der Waals surface area contributed by atoms with Gasteiger partial charge in [-0.05, 0) is 38.5 Å². The highest BCUT2D eigenvalue weighted by atomic mass is 35.5. The number of anilines is 1. The van der Waals surface area contributed by atoms with Gasteiger partial charge in [0.15, 0.2) is 0 Å². The van der Waals surface area contributed by atoms with Crippen molar-refractivity contribution in [1.82, 2.24) is 10.0 Å². The molecule has 0 unspecified atom stereocenters. The van der Waals surface area contributed by atoms with Gasteiger partial charge in [0.05, 0.1) is 4.90 Å². The van der Waals surface area contributed by atoms with Crippen molar-refractivity contribution in [2.24, 2.45) is 0 Å². The number of hydrogen-bond acceptors (Lipinski definition) is 4. The average Bonchev–Trinajstić information content (AvgIpc) is 2.20. The lowest BCUT2D eigenvalue weighted by atomic mass is 10.2. The van der Waals surface area contributed by atoms with Crippen LogP contribution in [-0.4, -0.2) is 20.5 Å². The number of sulfonamides is 1. The zero-order valence-corrected chi connectivity index (χ0v) is 12.4. The number of rotatable bonds is 3. The number of carbonyl (C=O) groups is 1. The summed E-state index contributed by atoms with van der Waals surface area (Å²) in [5, 5.41) is 2.61. The average molecular weight is 306 g/mol. The maximum Gasteiger partial charge on any atom is 0.328 e. The Bertz CT molecular complexity index is 599. The number of hydrogen-bond donors (Lipinski definition) is 3. The third-order valence-corrected chi connectivity index (χ3v) is 3.98. The minimum atomic E-state index is -4.01. The Morgan fingerprint density at radius 3 is 2.47 bits per heavy atom. The van der Waals surface area contributed by atoms with E-state index in [1.807, 2.05) is 4.72 Å². The summed E-state index contributed by atoms with van der Waals surface area (Å²) >= 11 is 5.78. The highest BCUT2D eigenvalue weighted by molar-refractivity contribution is 7.90. The summed E-state index contributed by atoms with van der Waals surface area (Å²) in [5.74, 6) is 0. The van der Waals surface area contributed by atoms with Crippen molar-refractivity contribution in [2.75, 3.05) is 5.73 Å². The fraction of sp³-hybridized carbons (Fsp3) is 0.364. The van der Waals surface area contributed by atoms with Gasteiger partial charge in [0.1, 0.15) is 0 Å². The highest BCUT2D eigenvalue weighted by Crippen LogP contribution is 2.25. The quantitative estimate of drug-likeness (QED) is 0.739. The third-order valence-electron chi connectivity index (χ3n) is 2.30. The Kier molecular flexibility index (Phi) is 4.65. The van der Waals surface area contributed by atoms with Crippen LogP contribution in [0.3, 0.4) is 0 Å². The van der Waals surface area contributed by atoms with E-state index in [4.69, 9.17) is 17.3 Å². The second-order valence-corrected chi connectivity index (χ2v) is 6.44. The Morgan fingerprint density at radius 2 is 1.95 bits per heavy atom. The van der Waals surface area contributed by atoms with Crippen LogP contribution >= 0.6 is 11.6 Å². The van der Waals surface area contributed by atoms with Gasteiger partial charge in [-0.25, -0.2) is 17.9 Å². The summed E-state index contributed by atoms with van der Waals surface area (Å²) in [6, 6.07) is 1.72. The molecular formula is C11H16ClN3O3S. The molecule has 0 aliphatic heterocycles. The van der Waals surface area contributed by atoms with Crippen LogP contribution in [0.2, 0.25) is 5.02 Å². The molecule has 0 saturated heterocycles. The van der Waals surface area contributed by atoms with Crippen LogP contribution in [0.15, 0.2) is 17.0 Å². The lowest BCUT2D eigenvalue weighted by Gasteiger charge is -2.13. The van der Waals surface area contributed by atoms with E-state index in [2.05, 4.69) is 5.32 Å². The van der Waals surface area contributed by atoms with Crippen molar-refractivity contribution >= 4 is 33.3 Å². The smallest absolute Gasteiger partial charge is 0.328 e. The number of benzene rings is 1. The molecule has 1 aromatic rings. The lowest BCUT2D eigenvalue weighted by Crippen LogP contribution is -2.42. The normalized spacial score (nSPS) is 11.4. The Morgan fingerprint density at radius 1 is 1.37 bits per heavy atom. The molecule has 0 aliphatic carbocycles. The summed E-state index contributed by atoms with van der Waals surface area (Å²) in [7, 11) is -4.01. The molecule has 6 nitrogen and oxygen atoms in total. The third kappa shape index (κ3) is 4.00. The van der Waals surface area contributed by atoms with Gasteiger partial charge < -0.3 is 11.1 Å². The highest BCUT2D eigenvalue weighted by Gasteiger charge is 2.21. The minimum Gasteiger partial charge on any atom is -0.398 e. The molecule has 0 aromatic heterocycles. The first-order valence-corrected chi connectivity index (χ1v) is 7.38. The summed E-state index contributed by atoms with van der Waals surface area (Å²) in [6.07, 6.45) is 0. The Hall–Kier alpha value is -1.47. The summed E-state index contributed by atoms with van der Waals surface area (Å²) in [5.41, 5.74) is 6.24. The van der Waals surface area contributed by atoms with E-state index < -0.39 is 16.1 Å². The first-order chi connectivity index (χ1) is 8.63. The van der Waals surface area contributed by atoms with Crippen molar-refractivity contribution in [3.05, 3.63) is 22.7 Å². The van der Waals surface area contributed by atoms with E-state index in [9.17, 15) is 13.2 Å². The molecule has 0 fully saturated rings. The second kappa shape index (κ2) is 5.66. The van der Waals surface area contributed by atoms with Crippen molar-refractivity contribution in [3.8, 4) is 0 Å². The molecular weight excluding hydrogens is 290 g/mol. The second-order valence-electron chi connectivity index (χ2n) is 4.35. The maximum absolute atomic E-state index is 12.1. The molecule has 0 heterocycles. The van der Waals surface area contributed by atoms with Crippen LogP contribution < -0.4 is 15.8 Å². The minimum absolute atomic E-state index is 0.114. The van der Waals surface area contributed by atoms with Crippen LogP contribution in [0.5, 0.6) is 0 Å². The van der Waals surface area contributed by atoms with Gasteiger partial charge in [-0.1, -0.05) is 11.6 Å². The summed E-state index contributed by atoms with van der Waals surface area (Å²) in [6.45, 7) is 4.98. The molecule has 1 aromatic carbocycles. The molecule has 19 heavy (non-hydrogen) atoms. The largest absolute Gasteiger partial charge is 0.398 e. The SMILES string of the molecule is Cc1c(N)cc(Cl)cc1S(=O)(=O)NC(=O)NC(C)C. The molecule has 1 rings (SSSR count). The van der Waals surface area contributed by atoms with Gasteiger partial charge in [0.25, 0.3) is 10.0 Å². The van der Waals surface area contributed by atoms with Crippen LogP contribution in [-0.2, 0) is 10.0 Å². The monoisotopic (exact) mass is 305 g/mol. The number of nitrogens with two attached hydrogens (primary N) is 1. The van der Waals surface area contributed by atoms with Gasteiger partial charge in [0.2, 0.25) is 0 Å². The van der Waals surface area contributed by atoms with Gasteiger partial charge in [0, 0.05) is 16.8 Å². The van der Waals surface area contributed by atoms with Crippen molar-refractivity contribution in [1.29, 1.82) is 0 Å². The lowest BCUT2D eigenvalue weighted by molar-refractivity contribution is 0.243. The predicted molar refractivity (Wildman–Crippen MR) is 74.6 cm³/mol. The van der Waals surface area contributed by atoms with E-state index in [1.165, 1.54) is 12.1 Å². The van der Waals surface area contributed by atoms with Gasteiger partial charge in [-0.15, -0.1) is 0 Å². The van der Waals surface area contributed by atoms with Crippen LogP contribution in [0, 0.1) is 6.92 Å². The summed E-state index contributed by atoms with van der Waals surface area (Å²) < 4.78 is 26.0. The molecule has 8 heteroatoms. The van der Waals surface area contributed by atoms with E-state index in [0.29, 0.717) is 5.56 Å². The molecule has 0 bridgehead atoms. The van der Waals surface area contributed by atoms with Gasteiger partial charge in [-0.3, -0.25) is 0 Å². The van der Waals surface area contributed by atoms with Crippen LogP contribution in [0.4, 0.5) is 10.5 Å². The maximum atomic E-state index is 12.1. The Labute approximate surface area is 117 Å². The molecule has 4 N–H and O–H groups in total. The number of urea groups is 1. The number of halogens is 1. The van der Waals surface area contributed by atoms with E-state index in [1.54, 1.807) is 20.8 Å². The van der Waals surface area contributed by atoms with Crippen molar-refractivity contribution in [3.63, 3.8) is 0 Å². The molecule has 0 aliphatic rings. The number of nitrogens with one attached hydrogen (secondary N) is 2. The number of nitrogen functional groups attached to an aromatic ring is 1. The predicted octanol–water partition coefficient (Wildman–Crippen LogP) is 1.63. The van der Waals surface area contributed by atoms with Gasteiger partial charge in [-0.2, -0.15) is 0 Å². The van der Waals surface area contributed by atoms with Crippen molar-refractivity contribution in [2.45, 2.75) is 31.7 Å². The summed E-state index contributed by atoms with van der Waals surface area (Å²) in [4.78, 5) is 11.3. The standard InChI is InChI=1S/C11H16ClN3O3S/c1-6(2)14-11(16)15-19(17,18)10-5-8(12)4-9(13)7(10)3/h4-6H,13H2,1-3H3,(H2,14,15,16). The molecule has 0 spiro atoms. The molecule has 0 saturated carbocycles. The molecule has 0 atom stereocenters. The van der Waals surface area contributed by atoms with Crippen molar-refractivity contribution < 1.29 is 13.2 Å². The molecule has 2 amide bonds. The molecule has 0 radical (unpaired) electrons. The number of carbonyl (C=O) groups excluding carboxylic acids is 1. The fourth-order valence-corrected chi connectivity index (χ4v) is 2.93. The topological polar surface area (TPSA) is 101 Å².